The van der Waals surface area contributed by atoms with Gasteiger partial charge in [0, 0.05) is 0 Å². The molecule has 0 amide bonds. The van der Waals surface area contributed by atoms with Crippen LogP contribution < -0.4 is 3.89 Å². The summed E-state index contributed by atoms with van der Waals surface area (Å²) in [4.78, 5) is 10.3. The Bertz CT molecular complexity index is 889. The molecule has 2 aromatic heterocycles. The normalized spacial score (nSPS) is 11.1. The van der Waals surface area contributed by atoms with Crippen LogP contribution in [0.4, 0.5) is 0 Å². The molecule has 3 aromatic rings. The predicted octanol–water partition coefficient (Wildman–Crippen LogP) is -3.16. The van der Waals surface area contributed by atoms with Crippen molar-refractivity contribution in [1.82, 2.24) is 9.97 Å². The SMILES string of the molecule is Cc1[c]([RaH])nc2c([c]1[RaH])[c]([RaH])[c]([RaH])c1[c]([RaH])c(C)[c]([RaH])nc12. The summed E-state index contributed by atoms with van der Waals surface area (Å²) < 4.78 is 10.1. The summed E-state index contributed by atoms with van der Waals surface area (Å²) in [5.41, 5.74) is 5.85. The second-order valence-electron chi connectivity index (χ2n) is 6.59. The van der Waals surface area contributed by atoms with Gasteiger partial charge in [-0.05, 0) is 0 Å². The predicted molar refractivity (Wildman–Crippen MR) is 72.7 cm³/mol. The van der Waals surface area contributed by atoms with Crippen LogP contribution in [0.3, 0.4) is 0 Å². The van der Waals surface area contributed by atoms with Gasteiger partial charge in [0.25, 0.3) is 0 Å². The maximum atomic E-state index is 5.17. The van der Waals surface area contributed by atoms with E-state index in [-0.39, 0.29) is 0 Å². The van der Waals surface area contributed by atoms with Crippen LogP contribution in [0, 0.1) is 271 Å². The first-order valence-electron chi connectivity index (χ1n) is 7.89. The van der Waals surface area contributed by atoms with E-state index in [0.29, 0.717) is 257 Å². The third kappa shape index (κ3) is 4.54. The average molecular weight is 1560 g/mol. The van der Waals surface area contributed by atoms with Crippen molar-refractivity contribution >= 4 is 25.7 Å². The van der Waals surface area contributed by atoms with Gasteiger partial charge < -0.3 is 0 Å². The Labute approximate surface area is 306 Å². The van der Waals surface area contributed by atoms with E-state index in [0.717, 1.165) is 0 Å². The summed E-state index contributed by atoms with van der Waals surface area (Å²) in [5.74, 6) is 0. The molecule has 0 aliphatic carbocycles. The quantitative estimate of drug-likeness (QED) is 0.223. The molecule has 2 heterocycles. The second kappa shape index (κ2) is 9.98. The van der Waals surface area contributed by atoms with Gasteiger partial charge in [0.05, 0.1) is 0 Å². The molecule has 1 aromatic carbocycles. The fourth-order valence-corrected chi connectivity index (χ4v) is 57.3. The minimum absolute atomic E-state index is 0.338. The molecule has 2 nitrogen and oxygen atoms in total. The van der Waals surface area contributed by atoms with Gasteiger partial charge in [-0.2, -0.15) is 0 Å². The fourth-order valence-electron chi connectivity index (χ4n) is 3.52. The first-order valence-corrected chi connectivity index (χ1v) is 32.6. The molecule has 8 heteroatoms. The summed E-state index contributed by atoms with van der Waals surface area (Å²) in [6.45, 7) is 4.69. The van der Waals surface area contributed by atoms with E-state index < -0.39 is 0 Å². The molecule has 0 atom stereocenters. The van der Waals surface area contributed by atoms with Crippen LogP contribution >= 0.6 is 0 Å². The number of rotatable bonds is 0. The number of nitrogens with zero attached hydrogens (tertiary/aromatic N) is 2. The molecule has 0 bridgehead atoms. The Morgan fingerprint density at radius 3 is 1.18 bits per heavy atom. The van der Waals surface area contributed by atoms with Crippen molar-refractivity contribution in [3.05, 3.63) is 11.1 Å². The van der Waals surface area contributed by atoms with Crippen molar-refractivity contribution in [3.8, 4) is 0 Å². The van der Waals surface area contributed by atoms with Gasteiger partial charge >= 0.3 is 317 Å². The summed E-state index contributed by atoms with van der Waals surface area (Å²) in [6.07, 6.45) is 0. The van der Waals surface area contributed by atoms with Crippen molar-refractivity contribution in [2.75, 3.05) is 0 Å². The first kappa shape index (κ1) is 23.5. The van der Waals surface area contributed by atoms with Crippen LogP contribution in [0.5, 0.6) is 0 Å². The zero-order chi connectivity index (χ0) is 16.3. The van der Waals surface area contributed by atoms with Gasteiger partial charge in [-0.25, -0.2) is 0 Å². The Hall–Kier alpha value is 6.85. The van der Waals surface area contributed by atoms with Gasteiger partial charge in [-0.15, -0.1) is 0 Å². The van der Waals surface area contributed by atoms with Crippen LogP contribution in [0.15, 0.2) is 0 Å². The van der Waals surface area contributed by atoms with Crippen LogP contribution in [0.1, 0.15) is 11.1 Å². The first-order chi connectivity index (χ1) is 10.3. The molecule has 0 saturated heterocycles. The van der Waals surface area contributed by atoms with E-state index in [2.05, 4.69) is 13.8 Å². The fraction of sp³-hybridized carbons (Fsp3) is 0.143. The maximum absolute atomic E-state index is 5.17. The molecule has 90 valence electrons. The molecule has 0 unspecified atom stereocenters. The van der Waals surface area contributed by atoms with Crippen molar-refractivity contribution in [2.45, 2.75) is 13.8 Å². The summed E-state index contributed by atoms with van der Waals surface area (Å²) in [5, 5.41) is 3.26. The summed E-state index contributed by atoms with van der Waals surface area (Å²) in [7, 11) is 0. The molecule has 0 saturated carbocycles. The number of pyridine rings is 2. The molecule has 0 aliphatic heterocycles. The molecule has 0 N–H and O–H groups in total. The molecular weight excluding hydrogens is 1550 g/mol. The van der Waals surface area contributed by atoms with Gasteiger partial charge in [0.2, 0.25) is 0 Å². The average Bonchev–Trinajstić information content (AvgIpc) is 2.47. The number of fused-ring (bicyclic) bond motifs is 3. The molecule has 0 aliphatic rings. The number of hydrogen-bond donors (Lipinski definition) is 0. The van der Waals surface area contributed by atoms with Gasteiger partial charge in [-0.1, -0.05) is 0 Å². The standard InChI is InChI=1S/C14H6N2.6Ra.6H/c1-9-5-11-3-4-12-6-10(2)8-16-14(12)13(11)15-7-9;;;;;;;;;;;;/h1-2H3;;;;;;;;;;;;. The Morgan fingerprint density at radius 2 is 0.864 bits per heavy atom. The molecule has 0 radical (unpaired) electrons. The van der Waals surface area contributed by atoms with Crippen LogP contribution in [-0.2, 0) is 0 Å². The van der Waals surface area contributed by atoms with Crippen molar-refractivity contribution < 1.29 is 257 Å². The Morgan fingerprint density at radius 1 is 0.545 bits per heavy atom. The molecular formula is C14H12N2Ra6. The number of aromatic nitrogens is 2. The topological polar surface area (TPSA) is 25.8 Å². The van der Waals surface area contributed by atoms with Crippen molar-refractivity contribution in [3.63, 3.8) is 0 Å². The van der Waals surface area contributed by atoms with Crippen LogP contribution in [-0.4, -0.2) is 9.97 Å². The monoisotopic (exact) mass is 1560 g/mol. The van der Waals surface area contributed by atoms with Crippen LogP contribution in [0.2, 0.25) is 0 Å². The minimum atomic E-state index is 0.338. The molecule has 22 heavy (non-hydrogen) atoms. The van der Waals surface area contributed by atoms with E-state index in [1.165, 1.54) is 12.5 Å². The van der Waals surface area contributed by atoms with E-state index in [1.54, 1.807) is 24.3 Å². The second-order valence-corrected chi connectivity index (χ2v) is 30.8. The van der Waals surface area contributed by atoms with Gasteiger partial charge in [0.15, 0.2) is 0 Å². The number of benzene rings is 1. The van der Waals surface area contributed by atoms with E-state index in [9.17, 15) is 0 Å². The Balaban J connectivity index is 2.74. The van der Waals surface area contributed by atoms with Crippen LogP contribution in [0.25, 0.3) is 21.8 Å². The zero-order valence-corrected chi connectivity index (χ0v) is 64.2. The third-order valence-corrected chi connectivity index (χ3v) is 51.0. The number of hydrogen-bond acceptors (Lipinski definition) is 2. The van der Waals surface area contributed by atoms with Crippen molar-refractivity contribution in [1.29, 1.82) is 0 Å². The Kier molecular flexibility index (Phi) is 10.7. The van der Waals surface area contributed by atoms with Crippen molar-refractivity contribution in [2.24, 2.45) is 0 Å². The van der Waals surface area contributed by atoms with Gasteiger partial charge in [-0.3, -0.25) is 0 Å². The summed E-state index contributed by atoms with van der Waals surface area (Å²) in [6, 6.07) is 0. The van der Waals surface area contributed by atoms with E-state index >= 15 is 0 Å². The molecule has 3 rings (SSSR count). The van der Waals surface area contributed by atoms with Gasteiger partial charge in [0.1, 0.15) is 0 Å². The summed E-state index contributed by atoms with van der Waals surface area (Å²) >= 11 is 2.29. The van der Waals surface area contributed by atoms with E-state index in [1.807, 2.05) is 0 Å². The third-order valence-electron chi connectivity index (χ3n) is 5.53. The van der Waals surface area contributed by atoms with E-state index in [4.69, 9.17) is 9.97 Å². The molecule has 0 spiro atoms. The molecule has 0 fully saturated rings. The zero-order valence-electron chi connectivity index (χ0n) is 14.9.